The Bertz CT molecular complexity index is 1750. The van der Waals surface area contributed by atoms with E-state index in [1.165, 1.54) is 30.6 Å². The second-order valence-corrected chi connectivity index (χ2v) is 11.1. The summed E-state index contributed by atoms with van der Waals surface area (Å²) in [5, 5.41) is 14.7. The number of nitrogens with two attached hydrogens (primary N) is 1. The summed E-state index contributed by atoms with van der Waals surface area (Å²) < 4.78 is 50.1. The molecule has 1 aliphatic rings. The molecule has 1 atom stereocenters. The summed E-state index contributed by atoms with van der Waals surface area (Å²) in [6.45, 7) is 6.47. The minimum absolute atomic E-state index is 0.0493. The van der Waals surface area contributed by atoms with Gasteiger partial charge in [-0.25, -0.2) is 23.4 Å². The van der Waals surface area contributed by atoms with Crippen LogP contribution in [0.25, 0.3) is 22.3 Å². The van der Waals surface area contributed by atoms with E-state index in [2.05, 4.69) is 15.1 Å². The Kier molecular flexibility index (Phi) is 7.60. The number of nitrogen functional groups attached to an aromatic ring is 1. The first-order valence-electron chi connectivity index (χ1n) is 13.3. The molecule has 4 aromatic rings. The number of carbonyl (C=O) groups excluding carboxylic acids is 1. The molecule has 5 rings (SSSR count). The van der Waals surface area contributed by atoms with Gasteiger partial charge in [-0.15, -0.1) is 0 Å². The molecule has 1 amide bonds. The molecule has 3 heterocycles. The van der Waals surface area contributed by atoms with Gasteiger partial charge in [0.05, 0.1) is 11.4 Å². The number of piperidine rings is 1. The summed E-state index contributed by atoms with van der Waals surface area (Å²) in [4.78, 5) is 23.3. The van der Waals surface area contributed by atoms with E-state index in [-0.39, 0.29) is 58.1 Å². The number of fused-ring (bicyclic) bond motifs is 1. The van der Waals surface area contributed by atoms with Crippen LogP contribution in [0.3, 0.4) is 0 Å². The highest BCUT2D eigenvalue weighted by Crippen LogP contribution is 2.37. The van der Waals surface area contributed by atoms with Crippen molar-refractivity contribution in [2.75, 3.05) is 18.8 Å². The quantitative estimate of drug-likeness (QED) is 0.231. The predicted octanol–water partition coefficient (Wildman–Crippen LogP) is 5.94. The molecule has 1 fully saturated rings. The Morgan fingerprint density at radius 3 is 2.67 bits per heavy atom. The first kappa shape index (κ1) is 28.6. The lowest BCUT2D eigenvalue weighted by atomic mass is 9.93. The summed E-state index contributed by atoms with van der Waals surface area (Å²) in [7, 11) is 0. The van der Waals surface area contributed by atoms with Gasteiger partial charge >= 0.3 is 0 Å². The molecule has 2 N–H and O–H groups in total. The number of nitrogens with zero attached hydrogens (tertiary/aromatic N) is 6. The Morgan fingerprint density at radius 1 is 1.17 bits per heavy atom. The third-order valence-corrected chi connectivity index (χ3v) is 6.82. The Hall–Kier alpha value is -4.92. The fraction of sp³-hybridized carbons (Fsp3) is 0.300. The van der Waals surface area contributed by atoms with Crippen molar-refractivity contribution in [3.63, 3.8) is 0 Å². The average Bonchev–Trinajstić information content (AvgIpc) is 3.34. The molecule has 1 aliphatic heterocycles. The van der Waals surface area contributed by atoms with Crippen LogP contribution in [-0.2, 0) is 4.79 Å². The molecule has 2 aromatic carbocycles. The molecule has 0 saturated carbocycles. The van der Waals surface area contributed by atoms with Crippen LogP contribution in [0.15, 0.2) is 54.4 Å². The second kappa shape index (κ2) is 11.2. The molecule has 0 spiro atoms. The van der Waals surface area contributed by atoms with Crippen LogP contribution in [-0.4, -0.2) is 43.6 Å². The number of allylic oxidation sites excluding steroid dienone is 1. The smallest absolute Gasteiger partial charge is 0.264 e. The van der Waals surface area contributed by atoms with Crippen molar-refractivity contribution in [3.8, 4) is 28.8 Å². The molecular formula is C30H28F3N7O2. The van der Waals surface area contributed by atoms with Crippen molar-refractivity contribution < 1.29 is 22.7 Å². The number of ether oxygens (including phenoxy) is 1. The number of carbonyl (C=O) groups is 1. The number of amides is 1. The van der Waals surface area contributed by atoms with Crippen molar-refractivity contribution in [2.24, 2.45) is 5.41 Å². The van der Waals surface area contributed by atoms with E-state index in [1.54, 1.807) is 15.7 Å². The molecule has 1 saturated heterocycles. The van der Waals surface area contributed by atoms with E-state index in [9.17, 15) is 18.8 Å². The first-order chi connectivity index (χ1) is 20.0. The number of likely N-dealkylation sites (tertiary alicyclic amines) is 1. The average molecular weight is 576 g/mol. The molecule has 0 aliphatic carbocycles. The van der Waals surface area contributed by atoms with Crippen molar-refractivity contribution in [3.05, 3.63) is 71.8 Å². The number of hydrogen-bond acceptors (Lipinski definition) is 7. The topological polar surface area (TPSA) is 123 Å². The minimum Gasteiger partial charge on any atom is -0.454 e. The molecule has 12 heteroatoms. The molecule has 2 aromatic heterocycles. The number of nitriles is 1. The summed E-state index contributed by atoms with van der Waals surface area (Å²) >= 11 is 0. The lowest BCUT2D eigenvalue weighted by Gasteiger charge is -2.33. The largest absolute Gasteiger partial charge is 0.454 e. The monoisotopic (exact) mass is 575 g/mol. The number of anilines is 1. The van der Waals surface area contributed by atoms with Crippen LogP contribution < -0.4 is 10.5 Å². The fourth-order valence-corrected chi connectivity index (χ4v) is 4.96. The van der Waals surface area contributed by atoms with Gasteiger partial charge in [-0.3, -0.25) is 4.79 Å². The fourth-order valence-electron chi connectivity index (χ4n) is 4.96. The van der Waals surface area contributed by atoms with Crippen LogP contribution in [0.1, 0.15) is 39.7 Å². The Labute approximate surface area is 240 Å². The van der Waals surface area contributed by atoms with Crippen molar-refractivity contribution in [2.45, 2.75) is 39.7 Å². The van der Waals surface area contributed by atoms with Crippen LogP contribution in [0, 0.1) is 34.2 Å². The number of rotatable bonds is 5. The maximum absolute atomic E-state index is 15.5. The second-order valence-electron chi connectivity index (χ2n) is 11.1. The zero-order chi connectivity index (χ0) is 30.2. The highest BCUT2D eigenvalue weighted by molar-refractivity contribution is 5.99. The Balaban J connectivity index is 1.49. The van der Waals surface area contributed by atoms with E-state index in [4.69, 9.17) is 10.5 Å². The lowest BCUT2D eigenvalue weighted by molar-refractivity contribution is -0.128. The van der Waals surface area contributed by atoms with Gasteiger partial charge in [0.25, 0.3) is 5.91 Å². The molecular weight excluding hydrogens is 547 g/mol. The molecule has 216 valence electrons. The van der Waals surface area contributed by atoms with Gasteiger partial charge in [-0.05, 0) is 42.5 Å². The third kappa shape index (κ3) is 5.63. The Morgan fingerprint density at radius 2 is 1.95 bits per heavy atom. The van der Waals surface area contributed by atoms with E-state index >= 15 is 4.39 Å². The van der Waals surface area contributed by atoms with Gasteiger partial charge in [0, 0.05) is 24.7 Å². The molecule has 0 bridgehead atoms. The first-order valence-corrected chi connectivity index (χ1v) is 13.3. The van der Waals surface area contributed by atoms with E-state index in [0.717, 1.165) is 12.1 Å². The van der Waals surface area contributed by atoms with Gasteiger partial charge < -0.3 is 15.4 Å². The van der Waals surface area contributed by atoms with Gasteiger partial charge in [-0.1, -0.05) is 32.9 Å². The summed E-state index contributed by atoms with van der Waals surface area (Å²) in [5.74, 6) is -3.73. The van der Waals surface area contributed by atoms with Crippen LogP contribution >= 0.6 is 0 Å². The molecule has 42 heavy (non-hydrogen) atoms. The van der Waals surface area contributed by atoms with Crippen LogP contribution in [0.2, 0.25) is 0 Å². The van der Waals surface area contributed by atoms with Gasteiger partial charge in [0.1, 0.15) is 41.0 Å². The zero-order valence-corrected chi connectivity index (χ0v) is 23.2. The molecule has 9 nitrogen and oxygen atoms in total. The van der Waals surface area contributed by atoms with Gasteiger partial charge in [-0.2, -0.15) is 14.8 Å². The number of aromatic nitrogens is 4. The predicted molar refractivity (Wildman–Crippen MR) is 150 cm³/mol. The minimum atomic E-state index is -1.19. The van der Waals surface area contributed by atoms with Gasteiger partial charge in [0.2, 0.25) is 5.82 Å². The molecule has 0 radical (unpaired) electrons. The van der Waals surface area contributed by atoms with E-state index in [0.29, 0.717) is 30.4 Å². The summed E-state index contributed by atoms with van der Waals surface area (Å²) in [6, 6.07) is 8.99. The van der Waals surface area contributed by atoms with Crippen molar-refractivity contribution >= 4 is 22.8 Å². The van der Waals surface area contributed by atoms with Crippen LogP contribution in [0.4, 0.5) is 19.0 Å². The maximum atomic E-state index is 15.5. The SMILES string of the molecule is CC(C)(C)/C=C(\C#N)C(=O)N1CCCC(n2nc(-c3ccc(Oc4cccc(F)c4F)cc3F)c3c(N)ncnc32)C1. The standard InChI is InChI=1S/C30H28F3N7O2/c1-30(2,3)13-17(14-34)29(41)39-11-5-6-18(15-39)40-28-24(27(35)36-16-37-28)26(38-40)20-10-9-19(12-22(20)32)42-23-8-4-7-21(31)25(23)33/h4,7-10,12-13,16,18H,5-6,11,15H2,1-3H3,(H2,35,36,37)/b17-13+. The number of hydrogen-bond donors (Lipinski definition) is 1. The van der Waals surface area contributed by atoms with Crippen molar-refractivity contribution in [1.82, 2.24) is 24.6 Å². The zero-order valence-electron chi connectivity index (χ0n) is 23.2. The number of benzene rings is 2. The van der Waals surface area contributed by atoms with E-state index in [1.807, 2.05) is 26.8 Å². The van der Waals surface area contributed by atoms with Gasteiger partial charge in [0.15, 0.2) is 17.2 Å². The summed E-state index contributed by atoms with van der Waals surface area (Å²) in [5.41, 5.74) is 6.53. The highest BCUT2D eigenvalue weighted by atomic mass is 19.2. The summed E-state index contributed by atoms with van der Waals surface area (Å²) in [6.07, 6.45) is 4.25. The molecule has 1 unspecified atom stereocenters. The van der Waals surface area contributed by atoms with Crippen molar-refractivity contribution in [1.29, 1.82) is 5.26 Å². The normalized spacial score (nSPS) is 16.0. The van der Waals surface area contributed by atoms with E-state index < -0.39 is 17.5 Å². The third-order valence-electron chi connectivity index (χ3n) is 6.82. The highest BCUT2D eigenvalue weighted by Gasteiger charge is 2.31. The van der Waals surface area contributed by atoms with Crippen LogP contribution in [0.5, 0.6) is 11.5 Å². The maximum Gasteiger partial charge on any atom is 0.264 e. The lowest BCUT2D eigenvalue weighted by Crippen LogP contribution is -2.41. The number of halogens is 3.